The fourth-order valence-corrected chi connectivity index (χ4v) is 3.02. The summed E-state index contributed by atoms with van der Waals surface area (Å²) in [7, 11) is 0. The molecule has 0 saturated heterocycles. The van der Waals surface area contributed by atoms with E-state index in [2.05, 4.69) is 23.3 Å². The standard InChI is InChI=1S/C18H16N2OS/c1-13-11-18(20-16-10-6-5-9-15(13)16)22-12-17(21)19-14-7-3-2-4-8-14/h2-11H,12H2,1H3,(H,19,21). The van der Waals surface area contributed by atoms with E-state index in [-0.39, 0.29) is 5.91 Å². The van der Waals surface area contributed by atoms with Crippen molar-refractivity contribution in [1.29, 1.82) is 0 Å². The number of aryl methyl sites for hydroxylation is 1. The lowest BCUT2D eigenvalue weighted by Crippen LogP contribution is -2.13. The van der Waals surface area contributed by atoms with Crippen molar-refractivity contribution in [3.8, 4) is 0 Å². The van der Waals surface area contributed by atoms with Crippen molar-refractivity contribution in [3.63, 3.8) is 0 Å². The van der Waals surface area contributed by atoms with Gasteiger partial charge in [0.05, 0.1) is 16.3 Å². The molecule has 1 heterocycles. The fraction of sp³-hybridized carbons (Fsp3) is 0.111. The highest BCUT2D eigenvalue weighted by molar-refractivity contribution is 7.99. The third kappa shape index (κ3) is 3.46. The smallest absolute Gasteiger partial charge is 0.234 e. The molecule has 3 aromatic rings. The molecule has 1 N–H and O–H groups in total. The van der Waals surface area contributed by atoms with Gasteiger partial charge in [-0.25, -0.2) is 4.98 Å². The van der Waals surface area contributed by atoms with Crippen LogP contribution in [-0.2, 0) is 4.79 Å². The zero-order valence-electron chi connectivity index (χ0n) is 12.2. The van der Waals surface area contributed by atoms with Gasteiger partial charge in [0.2, 0.25) is 5.91 Å². The highest BCUT2D eigenvalue weighted by Gasteiger charge is 2.07. The molecule has 0 aliphatic rings. The summed E-state index contributed by atoms with van der Waals surface area (Å²) in [6.07, 6.45) is 0. The predicted molar refractivity (Wildman–Crippen MR) is 92.3 cm³/mol. The molecule has 0 aliphatic carbocycles. The van der Waals surface area contributed by atoms with Crippen molar-refractivity contribution >= 4 is 34.3 Å². The van der Waals surface area contributed by atoms with Gasteiger partial charge in [0, 0.05) is 11.1 Å². The molecule has 1 aromatic heterocycles. The molecule has 0 fully saturated rings. The lowest BCUT2D eigenvalue weighted by atomic mass is 10.1. The van der Waals surface area contributed by atoms with E-state index in [4.69, 9.17) is 0 Å². The Hall–Kier alpha value is -2.33. The molecular weight excluding hydrogens is 292 g/mol. The second-order valence-corrected chi connectivity index (χ2v) is 5.99. The maximum atomic E-state index is 12.0. The number of anilines is 1. The molecule has 0 unspecified atom stereocenters. The lowest BCUT2D eigenvalue weighted by molar-refractivity contribution is -0.113. The highest BCUT2D eigenvalue weighted by atomic mass is 32.2. The number of hydrogen-bond donors (Lipinski definition) is 1. The summed E-state index contributed by atoms with van der Waals surface area (Å²) in [5.41, 5.74) is 2.96. The number of fused-ring (bicyclic) bond motifs is 1. The summed E-state index contributed by atoms with van der Waals surface area (Å²) < 4.78 is 0. The molecular formula is C18H16N2OS. The van der Waals surface area contributed by atoms with Crippen molar-refractivity contribution in [1.82, 2.24) is 4.98 Å². The molecule has 4 heteroatoms. The van der Waals surface area contributed by atoms with Crippen LogP contribution < -0.4 is 5.32 Å². The van der Waals surface area contributed by atoms with Crippen molar-refractivity contribution in [2.24, 2.45) is 0 Å². The van der Waals surface area contributed by atoms with E-state index in [0.29, 0.717) is 5.75 Å². The minimum atomic E-state index is -0.0242. The SMILES string of the molecule is Cc1cc(SCC(=O)Nc2ccccc2)nc2ccccc12. The first-order valence-electron chi connectivity index (χ1n) is 7.06. The van der Waals surface area contributed by atoms with E-state index in [1.54, 1.807) is 0 Å². The molecule has 3 nitrogen and oxygen atoms in total. The normalized spacial score (nSPS) is 10.6. The zero-order chi connectivity index (χ0) is 15.4. The molecule has 22 heavy (non-hydrogen) atoms. The lowest BCUT2D eigenvalue weighted by Gasteiger charge is -2.07. The second-order valence-electron chi connectivity index (χ2n) is 5.00. The number of para-hydroxylation sites is 2. The maximum absolute atomic E-state index is 12.0. The number of nitrogens with one attached hydrogen (secondary N) is 1. The van der Waals surface area contributed by atoms with Crippen LogP contribution in [-0.4, -0.2) is 16.6 Å². The number of hydrogen-bond acceptors (Lipinski definition) is 3. The largest absolute Gasteiger partial charge is 0.325 e. The van der Waals surface area contributed by atoms with Crippen LogP contribution in [0.5, 0.6) is 0 Å². The van der Waals surface area contributed by atoms with Gasteiger partial charge in [-0.1, -0.05) is 48.2 Å². The zero-order valence-corrected chi connectivity index (χ0v) is 13.1. The first kappa shape index (κ1) is 14.6. The molecule has 110 valence electrons. The van der Waals surface area contributed by atoms with E-state index in [0.717, 1.165) is 21.6 Å². The number of benzene rings is 2. The second kappa shape index (κ2) is 6.62. The third-order valence-electron chi connectivity index (χ3n) is 3.31. The third-order valence-corrected chi connectivity index (χ3v) is 4.22. The molecule has 0 radical (unpaired) electrons. The van der Waals surface area contributed by atoms with Gasteiger partial charge in [0.25, 0.3) is 0 Å². The van der Waals surface area contributed by atoms with E-state index < -0.39 is 0 Å². The Labute approximate surface area is 133 Å². The summed E-state index contributed by atoms with van der Waals surface area (Å²) in [6, 6.07) is 19.6. The molecule has 0 atom stereocenters. The summed E-state index contributed by atoms with van der Waals surface area (Å²) in [5.74, 6) is 0.323. The Morgan fingerprint density at radius 2 is 1.82 bits per heavy atom. The van der Waals surface area contributed by atoms with E-state index in [9.17, 15) is 4.79 Å². The van der Waals surface area contributed by atoms with E-state index in [1.165, 1.54) is 17.3 Å². The number of aromatic nitrogens is 1. The Kier molecular flexibility index (Phi) is 4.39. The predicted octanol–water partition coefficient (Wildman–Crippen LogP) is 4.27. The first-order chi connectivity index (χ1) is 10.7. The Balaban J connectivity index is 1.67. The Morgan fingerprint density at radius 3 is 2.64 bits per heavy atom. The fourth-order valence-electron chi connectivity index (χ4n) is 2.25. The quantitative estimate of drug-likeness (QED) is 0.732. The summed E-state index contributed by atoms with van der Waals surface area (Å²) >= 11 is 1.45. The maximum Gasteiger partial charge on any atom is 0.234 e. The van der Waals surface area contributed by atoms with Crippen LogP contribution in [0.4, 0.5) is 5.69 Å². The van der Waals surface area contributed by atoms with Crippen molar-refractivity contribution < 1.29 is 4.79 Å². The summed E-state index contributed by atoms with van der Waals surface area (Å²) in [5, 5.41) is 4.90. The highest BCUT2D eigenvalue weighted by Crippen LogP contribution is 2.23. The van der Waals surface area contributed by atoms with Gasteiger partial charge in [-0.2, -0.15) is 0 Å². The van der Waals surface area contributed by atoms with Crippen LogP contribution >= 0.6 is 11.8 Å². The van der Waals surface area contributed by atoms with Crippen LogP contribution in [0.15, 0.2) is 65.7 Å². The van der Waals surface area contributed by atoms with Gasteiger partial charge >= 0.3 is 0 Å². The molecule has 0 bridgehead atoms. The van der Waals surface area contributed by atoms with E-state index >= 15 is 0 Å². The number of amides is 1. The average Bonchev–Trinajstić information content (AvgIpc) is 2.54. The molecule has 1 amide bonds. The number of rotatable bonds is 4. The summed E-state index contributed by atoms with van der Waals surface area (Å²) in [4.78, 5) is 16.6. The van der Waals surface area contributed by atoms with Gasteiger partial charge in [-0.05, 0) is 36.8 Å². The van der Waals surface area contributed by atoms with Crippen molar-refractivity contribution in [2.75, 3.05) is 11.1 Å². The minimum absolute atomic E-state index is 0.0242. The van der Waals surface area contributed by atoms with Gasteiger partial charge in [-0.3, -0.25) is 4.79 Å². The van der Waals surface area contributed by atoms with Crippen molar-refractivity contribution in [3.05, 3.63) is 66.2 Å². The number of carbonyl (C=O) groups excluding carboxylic acids is 1. The van der Waals surface area contributed by atoms with Crippen LogP contribution in [0.25, 0.3) is 10.9 Å². The molecule has 0 saturated carbocycles. The topological polar surface area (TPSA) is 42.0 Å². The van der Waals surface area contributed by atoms with Crippen LogP contribution in [0.3, 0.4) is 0 Å². The first-order valence-corrected chi connectivity index (χ1v) is 8.05. The Morgan fingerprint density at radius 1 is 1.09 bits per heavy atom. The van der Waals surface area contributed by atoms with Crippen LogP contribution in [0, 0.1) is 6.92 Å². The molecule has 3 rings (SSSR count). The number of nitrogens with zero attached hydrogens (tertiary/aromatic N) is 1. The number of carbonyl (C=O) groups is 1. The van der Waals surface area contributed by atoms with Crippen LogP contribution in [0.1, 0.15) is 5.56 Å². The van der Waals surface area contributed by atoms with Crippen LogP contribution in [0.2, 0.25) is 0 Å². The van der Waals surface area contributed by atoms with Gasteiger partial charge in [0.1, 0.15) is 0 Å². The van der Waals surface area contributed by atoms with Gasteiger partial charge in [0.15, 0.2) is 0 Å². The average molecular weight is 308 g/mol. The number of thioether (sulfide) groups is 1. The molecule has 0 aliphatic heterocycles. The Bertz CT molecular complexity index is 803. The van der Waals surface area contributed by atoms with E-state index in [1.807, 2.05) is 54.6 Å². The molecule has 2 aromatic carbocycles. The van der Waals surface area contributed by atoms with Gasteiger partial charge < -0.3 is 5.32 Å². The summed E-state index contributed by atoms with van der Waals surface area (Å²) in [6.45, 7) is 2.07. The van der Waals surface area contributed by atoms with Crippen molar-refractivity contribution in [2.45, 2.75) is 11.9 Å². The molecule has 0 spiro atoms. The van der Waals surface area contributed by atoms with Gasteiger partial charge in [-0.15, -0.1) is 0 Å². The monoisotopic (exact) mass is 308 g/mol. The number of pyridine rings is 1. The minimum Gasteiger partial charge on any atom is -0.325 e.